The molecule has 0 aliphatic heterocycles. The Morgan fingerprint density at radius 1 is 1.42 bits per heavy atom. The van der Waals surface area contributed by atoms with E-state index < -0.39 is 0 Å². The van der Waals surface area contributed by atoms with Crippen molar-refractivity contribution >= 4 is 50.9 Å². The van der Waals surface area contributed by atoms with Gasteiger partial charge >= 0.3 is 0 Å². The van der Waals surface area contributed by atoms with Crippen LogP contribution in [0.3, 0.4) is 0 Å². The van der Waals surface area contributed by atoms with Crippen molar-refractivity contribution in [1.29, 1.82) is 0 Å². The number of nitrogens with zero attached hydrogens (tertiary/aromatic N) is 1. The van der Waals surface area contributed by atoms with Crippen LogP contribution in [0.2, 0.25) is 0 Å². The van der Waals surface area contributed by atoms with Crippen LogP contribution in [-0.4, -0.2) is 4.92 Å². The van der Waals surface area contributed by atoms with Crippen molar-refractivity contribution in [2.45, 2.75) is 6.92 Å². The number of rotatable bonds is 1. The number of nitro groups is 1. The molecule has 0 heterocycles. The third kappa shape index (κ3) is 1.87. The maximum atomic E-state index is 10.6. The van der Waals surface area contributed by atoms with Gasteiger partial charge in [0.05, 0.1) is 4.92 Å². The monoisotopic (exact) mass is 389 g/mol. The molecule has 0 bridgehead atoms. The van der Waals surface area contributed by atoms with E-state index in [4.69, 9.17) is 0 Å². The molecule has 1 aromatic rings. The van der Waals surface area contributed by atoms with Gasteiger partial charge in [0.1, 0.15) is 3.57 Å². The molecule has 0 saturated carbocycles. The average molecular weight is 389 g/mol. The Labute approximate surface area is 97.0 Å². The minimum absolute atomic E-state index is 0.225. The van der Waals surface area contributed by atoms with Gasteiger partial charge in [0, 0.05) is 9.13 Å². The molecule has 0 aliphatic rings. The van der Waals surface area contributed by atoms with Crippen molar-refractivity contribution in [2.24, 2.45) is 0 Å². The first-order valence-corrected chi connectivity index (χ1v) is 5.28. The highest BCUT2D eigenvalue weighted by Gasteiger charge is 2.17. The molecule has 0 radical (unpaired) electrons. The molecule has 0 amide bonds. The fraction of sp³-hybridized carbons (Fsp3) is 0.143. The Morgan fingerprint density at radius 3 is 2.42 bits per heavy atom. The van der Waals surface area contributed by atoms with Gasteiger partial charge in [-0.15, -0.1) is 0 Å². The Bertz CT molecular complexity index is 338. The van der Waals surface area contributed by atoms with Crippen LogP contribution in [0.15, 0.2) is 12.1 Å². The predicted octanol–water partition coefficient (Wildman–Crippen LogP) is 3.11. The van der Waals surface area contributed by atoms with Crippen LogP contribution in [0.1, 0.15) is 5.56 Å². The second-order valence-electron chi connectivity index (χ2n) is 2.28. The largest absolute Gasteiger partial charge is 0.286 e. The Balaban J connectivity index is 3.43. The summed E-state index contributed by atoms with van der Waals surface area (Å²) < 4.78 is 1.64. The third-order valence-corrected chi connectivity index (χ3v) is 4.48. The van der Waals surface area contributed by atoms with Gasteiger partial charge in [-0.2, -0.15) is 0 Å². The topological polar surface area (TPSA) is 43.1 Å². The van der Waals surface area contributed by atoms with Crippen LogP contribution < -0.4 is 0 Å². The molecule has 0 N–H and O–H groups in total. The maximum Gasteiger partial charge on any atom is 0.286 e. The first-order valence-electron chi connectivity index (χ1n) is 3.13. The van der Waals surface area contributed by atoms with Crippen LogP contribution in [0.25, 0.3) is 0 Å². The van der Waals surface area contributed by atoms with Gasteiger partial charge in [-0.25, -0.2) is 0 Å². The normalized spacial score (nSPS) is 9.92. The van der Waals surface area contributed by atoms with E-state index in [2.05, 4.69) is 22.6 Å². The first-order chi connectivity index (χ1) is 5.54. The summed E-state index contributed by atoms with van der Waals surface area (Å²) in [7, 11) is 0. The van der Waals surface area contributed by atoms with Gasteiger partial charge in [-0.3, -0.25) is 10.1 Å². The quantitative estimate of drug-likeness (QED) is 0.421. The summed E-state index contributed by atoms with van der Waals surface area (Å²) in [5.74, 6) is 0. The van der Waals surface area contributed by atoms with Crippen molar-refractivity contribution in [3.05, 3.63) is 35.0 Å². The van der Waals surface area contributed by atoms with Crippen LogP contribution in [0, 0.1) is 24.2 Å². The molecular formula is C7H5I2NO2. The Morgan fingerprint density at radius 2 is 2.00 bits per heavy atom. The molecule has 64 valence electrons. The number of aryl methyl sites for hydroxylation is 1. The number of benzene rings is 1. The summed E-state index contributed by atoms with van der Waals surface area (Å²) in [6.45, 7) is 1.75. The van der Waals surface area contributed by atoms with E-state index in [9.17, 15) is 10.1 Å². The summed E-state index contributed by atoms with van der Waals surface area (Å²) in [6.07, 6.45) is 0. The van der Waals surface area contributed by atoms with Crippen LogP contribution in [0.4, 0.5) is 5.69 Å². The van der Waals surface area contributed by atoms with Crippen LogP contribution in [-0.2, 0) is 0 Å². The maximum absolute atomic E-state index is 10.6. The fourth-order valence-electron chi connectivity index (χ4n) is 0.861. The minimum atomic E-state index is -0.334. The molecule has 12 heavy (non-hydrogen) atoms. The summed E-state index contributed by atoms with van der Waals surface area (Å²) in [5.41, 5.74) is 0.937. The number of hydrogen-bond acceptors (Lipinski definition) is 2. The lowest BCUT2D eigenvalue weighted by molar-refractivity contribution is -0.386. The Hall–Kier alpha value is 0.0800. The second-order valence-corrected chi connectivity index (χ2v) is 4.52. The number of nitro benzene ring substituents is 1. The molecule has 0 fully saturated rings. The molecule has 1 rings (SSSR count). The zero-order valence-electron chi connectivity index (χ0n) is 6.17. The van der Waals surface area contributed by atoms with Crippen LogP contribution in [0.5, 0.6) is 0 Å². The lowest BCUT2D eigenvalue weighted by atomic mass is 10.2. The van der Waals surface area contributed by atoms with Crippen molar-refractivity contribution < 1.29 is 4.92 Å². The van der Waals surface area contributed by atoms with Crippen molar-refractivity contribution in [2.75, 3.05) is 0 Å². The summed E-state index contributed by atoms with van der Waals surface area (Å²) in [4.78, 5) is 10.3. The summed E-state index contributed by atoms with van der Waals surface area (Å²) in [6, 6.07) is 3.65. The first kappa shape index (κ1) is 10.2. The summed E-state index contributed by atoms with van der Waals surface area (Å²) >= 11 is 4.08. The molecule has 0 spiro atoms. The second kappa shape index (κ2) is 3.86. The zero-order valence-corrected chi connectivity index (χ0v) is 10.5. The van der Waals surface area contributed by atoms with Gasteiger partial charge < -0.3 is 0 Å². The number of hydrogen-bond donors (Lipinski definition) is 0. The number of halogens is 2. The SMILES string of the molecule is Cc1ccc(I)c(I)c1[N+](=O)[O-]. The van der Waals surface area contributed by atoms with E-state index in [1.54, 1.807) is 13.0 Å². The van der Waals surface area contributed by atoms with Gasteiger partial charge in [0.25, 0.3) is 5.69 Å². The predicted molar refractivity (Wildman–Crippen MR) is 63.3 cm³/mol. The standard InChI is InChI=1S/C7H5I2NO2/c1-4-2-3-5(8)6(9)7(4)10(11)12/h2-3H,1H3. The molecule has 0 unspecified atom stereocenters. The highest BCUT2D eigenvalue weighted by atomic mass is 127. The molecule has 0 aliphatic carbocycles. The molecule has 0 saturated heterocycles. The molecule has 0 atom stereocenters. The molecular weight excluding hydrogens is 384 g/mol. The average Bonchev–Trinajstić information content (AvgIpc) is 1.97. The molecule has 0 aromatic heterocycles. The van der Waals surface area contributed by atoms with Gasteiger partial charge in [0.2, 0.25) is 0 Å². The fourth-order valence-corrected chi connectivity index (χ4v) is 2.10. The minimum Gasteiger partial charge on any atom is -0.258 e. The van der Waals surface area contributed by atoms with E-state index in [0.29, 0.717) is 5.56 Å². The third-order valence-electron chi connectivity index (χ3n) is 1.45. The van der Waals surface area contributed by atoms with Gasteiger partial charge in [0.15, 0.2) is 0 Å². The smallest absolute Gasteiger partial charge is 0.258 e. The van der Waals surface area contributed by atoms with E-state index >= 15 is 0 Å². The Kier molecular flexibility index (Phi) is 3.27. The summed E-state index contributed by atoms with van der Waals surface area (Å²) in [5, 5.41) is 10.6. The van der Waals surface area contributed by atoms with Gasteiger partial charge in [-0.1, -0.05) is 6.07 Å². The van der Waals surface area contributed by atoms with Crippen LogP contribution >= 0.6 is 45.2 Å². The zero-order chi connectivity index (χ0) is 9.30. The van der Waals surface area contributed by atoms with E-state index in [-0.39, 0.29) is 10.6 Å². The lowest BCUT2D eigenvalue weighted by Gasteiger charge is -2.00. The van der Waals surface area contributed by atoms with E-state index in [0.717, 1.165) is 7.14 Å². The van der Waals surface area contributed by atoms with E-state index in [1.165, 1.54) is 0 Å². The molecule has 5 heteroatoms. The van der Waals surface area contributed by atoms with Crippen molar-refractivity contribution in [1.82, 2.24) is 0 Å². The van der Waals surface area contributed by atoms with Crippen molar-refractivity contribution in [3.8, 4) is 0 Å². The molecule has 1 aromatic carbocycles. The highest BCUT2D eigenvalue weighted by molar-refractivity contribution is 14.1. The highest BCUT2D eigenvalue weighted by Crippen LogP contribution is 2.28. The lowest BCUT2D eigenvalue weighted by Crippen LogP contribution is -1.96. The van der Waals surface area contributed by atoms with Gasteiger partial charge in [-0.05, 0) is 58.2 Å². The molecule has 3 nitrogen and oxygen atoms in total. The van der Waals surface area contributed by atoms with E-state index in [1.807, 2.05) is 28.7 Å². The van der Waals surface area contributed by atoms with Crippen molar-refractivity contribution in [3.63, 3.8) is 0 Å².